The van der Waals surface area contributed by atoms with Gasteiger partial charge in [-0.1, -0.05) is 0 Å². The average molecular weight is 145 g/mol. The predicted octanol–water partition coefficient (Wildman–Crippen LogP) is -0.552. The molecule has 4 heteroatoms. The van der Waals surface area contributed by atoms with Crippen LogP contribution in [0.4, 0.5) is 0 Å². The Morgan fingerprint density at radius 3 is 2.70 bits per heavy atom. The predicted molar refractivity (Wildman–Crippen MR) is 33.6 cm³/mol. The summed E-state index contributed by atoms with van der Waals surface area (Å²) in [6.07, 6.45) is 1.94. The summed E-state index contributed by atoms with van der Waals surface area (Å²) in [5, 5.41) is 17.7. The van der Waals surface area contributed by atoms with Crippen LogP contribution in [0.15, 0.2) is 0 Å². The van der Waals surface area contributed by atoms with Crippen LogP contribution in [0.25, 0.3) is 0 Å². The number of hydroxylamine groups is 1. The van der Waals surface area contributed by atoms with Gasteiger partial charge in [0.2, 0.25) is 0 Å². The van der Waals surface area contributed by atoms with Crippen molar-refractivity contribution >= 4 is 6.29 Å². The summed E-state index contributed by atoms with van der Waals surface area (Å²) in [6.45, 7) is 0. The van der Waals surface area contributed by atoms with E-state index in [1.54, 1.807) is 0 Å². The van der Waals surface area contributed by atoms with Gasteiger partial charge in [0, 0.05) is 12.5 Å². The van der Waals surface area contributed by atoms with Gasteiger partial charge < -0.3 is 15.1 Å². The second-order valence-electron chi connectivity index (χ2n) is 2.79. The van der Waals surface area contributed by atoms with Gasteiger partial charge in [-0.25, -0.2) is 5.48 Å². The topological polar surface area (TPSA) is 69.6 Å². The molecule has 0 saturated heterocycles. The van der Waals surface area contributed by atoms with Crippen LogP contribution in [0.1, 0.15) is 19.3 Å². The minimum atomic E-state index is -1.19. The molecule has 0 aromatic heterocycles. The summed E-state index contributed by atoms with van der Waals surface area (Å²) in [5.41, 5.74) is 0.840. The van der Waals surface area contributed by atoms with E-state index in [0.29, 0.717) is 25.5 Å². The van der Waals surface area contributed by atoms with E-state index in [2.05, 4.69) is 0 Å². The van der Waals surface area contributed by atoms with Crippen molar-refractivity contribution in [3.63, 3.8) is 0 Å². The quantitative estimate of drug-likeness (QED) is 0.360. The summed E-state index contributed by atoms with van der Waals surface area (Å²) in [6, 6.07) is -0.129. The smallest absolute Gasteiger partial charge is 0.151 e. The Labute approximate surface area is 58.8 Å². The third-order valence-electron chi connectivity index (χ3n) is 1.93. The second-order valence-corrected chi connectivity index (χ2v) is 2.79. The number of aldehydes is 1. The highest BCUT2D eigenvalue weighted by molar-refractivity contribution is 5.62. The summed E-state index contributed by atoms with van der Waals surface area (Å²) in [7, 11) is 0. The van der Waals surface area contributed by atoms with Gasteiger partial charge in [-0.3, -0.25) is 0 Å². The molecule has 10 heavy (non-hydrogen) atoms. The van der Waals surface area contributed by atoms with Crippen molar-refractivity contribution in [2.75, 3.05) is 0 Å². The molecule has 0 bridgehead atoms. The molecule has 0 aromatic carbocycles. The molecule has 1 fully saturated rings. The van der Waals surface area contributed by atoms with Gasteiger partial charge in [-0.05, 0) is 12.8 Å². The van der Waals surface area contributed by atoms with Crippen molar-refractivity contribution in [3.8, 4) is 0 Å². The molecular formula is C6H11NO3. The number of carbonyl (C=O) groups is 1. The van der Waals surface area contributed by atoms with E-state index >= 15 is 0 Å². The van der Waals surface area contributed by atoms with E-state index in [9.17, 15) is 9.90 Å². The lowest BCUT2D eigenvalue weighted by atomic mass is 10.1. The van der Waals surface area contributed by atoms with Crippen LogP contribution < -0.4 is 5.48 Å². The number of hydrogen-bond acceptors (Lipinski definition) is 4. The lowest BCUT2D eigenvalue weighted by molar-refractivity contribution is -0.123. The largest absolute Gasteiger partial charge is 0.382 e. The first kappa shape index (κ1) is 7.65. The Kier molecular flexibility index (Phi) is 2.03. The van der Waals surface area contributed by atoms with Gasteiger partial charge in [0.25, 0.3) is 0 Å². The van der Waals surface area contributed by atoms with Gasteiger partial charge in [0.15, 0.2) is 6.29 Å². The van der Waals surface area contributed by atoms with Crippen molar-refractivity contribution < 1.29 is 15.1 Å². The Bertz CT molecular complexity index is 139. The zero-order valence-corrected chi connectivity index (χ0v) is 5.58. The zero-order valence-electron chi connectivity index (χ0n) is 5.58. The minimum absolute atomic E-state index is 0.129. The van der Waals surface area contributed by atoms with E-state index in [1.807, 2.05) is 5.48 Å². The number of rotatable bonds is 2. The van der Waals surface area contributed by atoms with Crippen LogP contribution in [-0.2, 0) is 4.79 Å². The van der Waals surface area contributed by atoms with E-state index < -0.39 is 5.60 Å². The molecule has 0 unspecified atom stereocenters. The highest BCUT2D eigenvalue weighted by Crippen LogP contribution is 2.27. The molecule has 4 nitrogen and oxygen atoms in total. The maximum Gasteiger partial charge on any atom is 0.151 e. The molecule has 0 spiro atoms. The summed E-state index contributed by atoms with van der Waals surface area (Å²) < 4.78 is 0. The maximum atomic E-state index is 10.2. The van der Waals surface area contributed by atoms with Crippen molar-refractivity contribution in [2.45, 2.75) is 30.9 Å². The van der Waals surface area contributed by atoms with Crippen molar-refractivity contribution in [3.05, 3.63) is 0 Å². The highest BCUT2D eigenvalue weighted by atomic mass is 16.5. The van der Waals surface area contributed by atoms with Gasteiger partial charge in [0.1, 0.15) is 5.60 Å². The molecule has 2 atom stereocenters. The molecule has 0 amide bonds. The highest BCUT2D eigenvalue weighted by Gasteiger charge is 2.36. The van der Waals surface area contributed by atoms with E-state index in [4.69, 9.17) is 5.21 Å². The molecule has 0 aromatic rings. The second kappa shape index (κ2) is 2.65. The SMILES string of the molecule is O=C[C@@]1(O)CC[C@@H](NO)C1. The first-order valence-corrected chi connectivity index (χ1v) is 3.28. The molecule has 58 valence electrons. The van der Waals surface area contributed by atoms with E-state index in [1.165, 1.54) is 0 Å². The Morgan fingerprint density at radius 1 is 1.70 bits per heavy atom. The first-order valence-electron chi connectivity index (χ1n) is 3.28. The molecule has 0 aliphatic heterocycles. The summed E-state index contributed by atoms with van der Waals surface area (Å²) >= 11 is 0. The average Bonchev–Trinajstić information content (AvgIpc) is 2.33. The van der Waals surface area contributed by atoms with E-state index in [-0.39, 0.29) is 6.04 Å². The number of nitrogens with one attached hydrogen (secondary N) is 1. The Hall–Kier alpha value is -0.450. The van der Waals surface area contributed by atoms with Crippen LogP contribution in [0.3, 0.4) is 0 Å². The molecule has 1 rings (SSSR count). The standard InChI is InChI=1S/C6H11NO3/c8-4-6(9)2-1-5(3-6)7-10/h4-5,7,9-10H,1-3H2/t5-,6-/m1/s1. The summed E-state index contributed by atoms with van der Waals surface area (Å²) in [4.78, 5) is 10.2. The van der Waals surface area contributed by atoms with Gasteiger partial charge in [-0.2, -0.15) is 0 Å². The van der Waals surface area contributed by atoms with Crippen molar-refractivity contribution in [1.82, 2.24) is 5.48 Å². The fourth-order valence-electron chi connectivity index (χ4n) is 1.27. The maximum absolute atomic E-state index is 10.2. The fourth-order valence-corrected chi connectivity index (χ4v) is 1.27. The molecule has 1 saturated carbocycles. The monoisotopic (exact) mass is 145 g/mol. The third-order valence-corrected chi connectivity index (χ3v) is 1.93. The fraction of sp³-hybridized carbons (Fsp3) is 0.833. The van der Waals surface area contributed by atoms with Gasteiger partial charge >= 0.3 is 0 Å². The van der Waals surface area contributed by atoms with Crippen molar-refractivity contribution in [1.29, 1.82) is 0 Å². The Balaban J connectivity index is 2.48. The molecule has 0 heterocycles. The summed E-state index contributed by atoms with van der Waals surface area (Å²) in [5.74, 6) is 0. The van der Waals surface area contributed by atoms with E-state index in [0.717, 1.165) is 0 Å². The number of aliphatic hydroxyl groups is 1. The van der Waals surface area contributed by atoms with Crippen LogP contribution in [-0.4, -0.2) is 28.2 Å². The first-order chi connectivity index (χ1) is 4.70. The van der Waals surface area contributed by atoms with Crippen LogP contribution in [0.5, 0.6) is 0 Å². The molecule has 1 aliphatic carbocycles. The molecule has 1 aliphatic rings. The van der Waals surface area contributed by atoms with Gasteiger partial charge in [-0.15, -0.1) is 0 Å². The molecule has 3 N–H and O–H groups in total. The lowest BCUT2D eigenvalue weighted by Gasteiger charge is -2.12. The number of hydrogen-bond donors (Lipinski definition) is 3. The lowest BCUT2D eigenvalue weighted by Crippen LogP contribution is -2.30. The third kappa shape index (κ3) is 1.34. The van der Waals surface area contributed by atoms with Gasteiger partial charge in [0.05, 0.1) is 0 Å². The van der Waals surface area contributed by atoms with Crippen molar-refractivity contribution in [2.24, 2.45) is 0 Å². The van der Waals surface area contributed by atoms with Crippen LogP contribution >= 0.6 is 0 Å². The molecule has 0 radical (unpaired) electrons. The van der Waals surface area contributed by atoms with Crippen LogP contribution in [0, 0.1) is 0 Å². The molecular weight excluding hydrogens is 134 g/mol. The Morgan fingerprint density at radius 2 is 2.40 bits per heavy atom. The minimum Gasteiger partial charge on any atom is -0.382 e. The van der Waals surface area contributed by atoms with Crippen LogP contribution in [0.2, 0.25) is 0 Å². The zero-order chi connectivity index (χ0) is 7.61. The normalized spacial score (nSPS) is 40.0. The number of carbonyl (C=O) groups excluding carboxylic acids is 1.